The van der Waals surface area contributed by atoms with Gasteiger partial charge in [0.25, 0.3) is 0 Å². The Hall–Kier alpha value is -1.57. The van der Waals surface area contributed by atoms with E-state index >= 15 is 0 Å². The van der Waals surface area contributed by atoms with Crippen molar-refractivity contribution < 1.29 is 9.53 Å². The molecular formula is C14H16O2. The highest BCUT2D eigenvalue weighted by Gasteiger charge is 2.20. The third-order valence-electron chi connectivity index (χ3n) is 2.82. The minimum Gasteiger partial charge on any atom is -0.431 e. The molecule has 1 aromatic rings. The van der Waals surface area contributed by atoms with Crippen molar-refractivity contribution in [1.29, 1.82) is 0 Å². The van der Waals surface area contributed by atoms with Crippen molar-refractivity contribution in [3.63, 3.8) is 0 Å². The first-order chi connectivity index (χ1) is 7.75. The molecule has 1 fully saturated rings. The lowest BCUT2D eigenvalue weighted by molar-refractivity contribution is -0.142. The van der Waals surface area contributed by atoms with E-state index in [1.165, 1.54) is 0 Å². The third kappa shape index (κ3) is 2.72. The Labute approximate surface area is 95.9 Å². The van der Waals surface area contributed by atoms with Crippen LogP contribution >= 0.6 is 0 Å². The van der Waals surface area contributed by atoms with E-state index in [1.54, 1.807) is 0 Å². The minimum atomic E-state index is -0.0975. The van der Waals surface area contributed by atoms with Crippen LogP contribution in [0.5, 0.6) is 0 Å². The molecule has 1 aliphatic rings. The van der Waals surface area contributed by atoms with Gasteiger partial charge in [0.15, 0.2) is 0 Å². The Morgan fingerprint density at radius 3 is 2.81 bits per heavy atom. The van der Waals surface area contributed by atoms with Crippen LogP contribution in [-0.2, 0) is 9.53 Å². The van der Waals surface area contributed by atoms with Crippen LogP contribution in [0.3, 0.4) is 0 Å². The molecule has 1 heterocycles. The van der Waals surface area contributed by atoms with Crippen molar-refractivity contribution in [2.45, 2.75) is 26.2 Å². The van der Waals surface area contributed by atoms with Crippen LogP contribution in [0.1, 0.15) is 31.7 Å². The Morgan fingerprint density at radius 2 is 2.06 bits per heavy atom. The number of benzene rings is 1. The normalized spacial score (nSPS) is 23.9. The number of ether oxygens (including phenoxy) is 1. The number of carbonyl (C=O) groups is 1. The van der Waals surface area contributed by atoms with Gasteiger partial charge in [-0.3, -0.25) is 4.79 Å². The molecule has 1 aliphatic heterocycles. The van der Waals surface area contributed by atoms with Crippen molar-refractivity contribution in [3.05, 3.63) is 41.7 Å². The molecule has 0 radical (unpaired) electrons. The van der Waals surface area contributed by atoms with Gasteiger partial charge in [0.2, 0.25) is 0 Å². The number of rotatable bonds is 1. The summed E-state index contributed by atoms with van der Waals surface area (Å²) in [5, 5.41) is 0. The van der Waals surface area contributed by atoms with E-state index < -0.39 is 0 Å². The first kappa shape index (κ1) is 10.9. The predicted molar refractivity (Wildman–Crippen MR) is 63.5 cm³/mol. The molecule has 0 spiro atoms. The average Bonchev–Trinajstić information content (AvgIpc) is 2.43. The van der Waals surface area contributed by atoms with Crippen LogP contribution < -0.4 is 0 Å². The Kier molecular flexibility index (Phi) is 3.40. The topological polar surface area (TPSA) is 26.3 Å². The van der Waals surface area contributed by atoms with Gasteiger partial charge in [0.05, 0.1) is 5.92 Å². The summed E-state index contributed by atoms with van der Waals surface area (Å²) in [7, 11) is 0. The molecule has 1 saturated heterocycles. The summed E-state index contributed by atoms with van der Waals surface area (Å²) in [6, 6.07) is 9.95. The summed E-state index contributed by atoms with van der Waals surface area (Å²) >= 11 is 0. The zero-order chi connectivity index (χ0) is 11.4. The highest BCUT2D eigenvalue weighted by molar-refractivity contribution is 5.74. The van der Waals surface area contributed by atoms with E-state index in [2.05, 4.69) is 0 Å². The second-order valence-electron chi connectivity index (χ2n) is 4.24. The Bertz CT molecular complexity index is 392. The third-order valence-corrected chi connectivity index (χ3v) is 2.82. The van der Waals surface area contributed by atoms with Gasteiger partial charge in [0.1, 0.15) is 5.76 Å². The lowest BCUT2D eigenvalue weighted by Gasteiger charge is -2.06. The fourth-order valence-electron chi connectivity index (χ4n) is 1.82. The standard InChI is InChI=1S/C14H16O2/c1-11-6-5-9-13(16-14(11)15)10-12-7-3-2-4-8-12/h2-4,7-8,10-11H,5-6,9H2,1H3/b13-10+. The van der Waals surface area contributed by atoms with E-state index in [-0.39, 0.29) is 11.9 Å². The average molecular weight is 216 g/mol. The molecule has 1 unspecified atom stereocenters. The number of hydrogen-bond donors (Lipinski definition) is 0. The van der Waals surface area contributed by atoms with Gasteiger partial charge in [-0.1, -0.05) is 37.3 Å². The fraction of sp³-hybridized carbons (Fsp3) is 0.357. The summed E-state index contributed by atoms with van der Waals surface area (Å²) in [6.07, 6.45) is 4.75. The summed E-state index contributed by atoms with van der Waals surface area (Å²) in [6.45, 7) is 1.92. The molecule has 0 bridgehead atoms. The number of carbonyl (C=O) groups excluding carboxylic acids is 1. The smallest absolute Gasteiger partial charge is 0.313 e. The van der Waals surface area contributed by atoms with E-state index in [4.69, 9.17) is 4.74 Å². The highest BCUT2D eigenvalue weighted by atomic mass is 16.5. The maximum Gasteiger partial charge on any atom is 0.313 e. The zero-order valence-corrected chi connectivity index (χ0v) is 9.48. The largest absolute Gasteiger partial charge is 0.431 e. The predicted octanol–water partition coefficient (Wildman–Crippen LogP) is 3.39. The van der Waals surface area contributed by atoms with Crippen LogP contribution in [0.25, 0.3) is 6.08 Å². The van der Waals surface area contributed by atoms with Crippen molar-refractivity contribution >= 4 is 12.0 Å². The van der Waals surface area contributed by atoms with E-state index in [9.17, 15) is 4.79 Å². The molecule has 0 saturated carbocycles. The van der Waals surface area contributed by atoms with Gasteiger partial charge in [0, 0.05) is 6.42 Å². The molecule has 2 nitrogen and oxygen atoms in total. The van der Waals surface area contributed by atoms with Gasteiger partial charge < -0.3 is 4.74 Å². The monoisotopic (exact) mass is 216 g/mol. The molecule has 0 amide bonds. The number of hydrogen-bond acceptors (Lipinski definition) is 2. The molecular weight excluding hydrogens is 200 g/mol. The van der Waals surface area contributed by atoms with Gasteiger partial charge in [-0.15, -0.1) is 0 Å². The van der Waals surface area contributed by atoms with E-state index in [1.807, 2.05) is 43.3 Å². The fourth-order valence-corrected chi connectivity index (χ4v) is 1.82. The van der Waals surface area contributed by atoms with Crippen LogP contribution in [0.2, 0.25) is 0 Å². The molecule has 84 valence electrons. The molecule has 0 N–H and O–H groups in total. The quantitative estimate of drug-likeness (QED) is 0.672. The summed E-state index contributed by atoms with van der Waals surface area (Å²) in [5.41, 5.74) is 1.08. The maximum absolute atomic E-state index is 11.6. The van der Waals surface area contributed by atoms with Crippen molar-refractivity contribution in [3.8, 4) is 0 Å². The maximum atomic E-state index is 11.6. The molecule has 2 heteroatoms. The van der Waals surface area contributed by atoms with Gasteiger partial charge in [-0.05, 0) is 24.5 Å². The minimum absolute atomic E-state index is 0.0293. The number of allylic oxidation sites excluding steroid dienone is 1. The molecule has 0 aliphatic carbocycles. The number of cyclic esters (lactones) is 1. The zero-order valence-electron chi connectivity index (χ0n) is 9.48. The Morgan fingerprint density at radius 1 is 1.31 bits per heavy atom. The van der Waals surface area contributed by atoms with Crippen LogP contribution in [-0.4, -0.2) is 5.97 Å². The summed E-state index contributed by atoms with van der Waals surface area (Å²) < 4.78 is 5.35. The second kappa shape index (κ2) is 4.97. The molecule has 2 rings (SSSR count). The number of esters is 1. The van der Waals surface area contributed by atoms with Crippen LogP contribution in [0.4, 0.5) is 0 Å². The lowest BCUT2D eigenvalue weighted by Crippen LogP contribution is -2.10. The first-order valence-corrected chi connectivity index (χ1v) is 5.73. The Balaban J connectivity index is 2.15. The highest BCUT2D eigenvalue weighted by Crippen LogP contribution is 2.23. The molecule has 16 heavy (non-hydrogen) atoms. The SMILES string of the molecule is CC1CCC/C(=C\c2ccccc2)OC1=O. The lowest BCUT2D eigenvalue weighted by atomic mass is 10.1. The van der Waals surface area contributed by atoms with E-state index in [0.717, 1.165) is 30.6 Å². The van der Waals surface area contributed by atoms with Crippen molar-refractivity contribution in [2.75, 3.05) is 0 Å². The molecule has 1 atom stereocenters. The van der Waals surface area contributed by atoms with Gasteiger partial charge in [-0.2, -0.15) is 0 Å². The summed E-state index contributed by atoms with van der Waals surface area (Å²) in [4.78, 5) is 11.6. The van der Waals surface area contributed by atoms with Gasteiger partial charge >= 0.3 is 5.97 Å². The van der Waals surface area contributed by atoms with Gasteiger partial charge in [-0.25, -0.2) is 0 Å². The second-order valence-corrected chi connectivity index (χ2v) is 4.24. The molecule has 0 aromatic heterocycles. The van der Waals surface area contributed by atoms with E-state index in [0.29, 0.717) is 0 Å². The van der Waals surface area contributed by atoms with Crippen molar-refractivity contribution in [2.24, 2.45) is 5.92 Å². The van der Waals surface area contributed by atoms with Crippen LogP contribution in [0.15, 0.2) is 36.1 Å². The van der Waals surface area contributed by atoms with Crippen LogP contribution in [0, 0.1) is 5.92 Å². The molecule has 1 aromatic carbocycles. The first-order valence-electron chi connectivity index (χ1n) is 5.73. The summed E-state index contributed by atoms with van der Waals surface area (Å²) in [5.74, 6) is 0.724. The van der Waals surface area contributed by atoms with Crippen molar-refractivity contribution in [1.82, 2.24) is 0 Å².